The highest BCUT2D eigenvalue weighted by molar-refractivity contribution is 14.1. The third kappa shape index (κ3) is 6.54. The van der Waals surface area contributed by atoms with E-state index in [2.05, 4.69) is 85.3 Å². The summed E-state index contributed by atoms with van der Waals surface area (Å²) in [5, 5.41) is 7.59. The molecule has 0 amide bonds. The lowest BCUT2D eigenvalue weighted by Gasteiger charge is -2.13. The van der Waals surface area contributed by atoms with Crippen LogP contribution in [0.2, 0.25) is 0 Å². The van der Waals surface area contributed by atoms with Crippen molar-refractivity contribution in [3.63, 3.8) is 0 Å². The molecule has 2 aromatic carbocycles. The molecule has 0 aliphatic rings. The molecular weight excluding hydrogens is 576 g/mol. The third-order valence-corrected chi connectivity index (χ3v) is 5.02. The van der Waals surface area contributed by atoms with E-state index in [0.717, 1.165) is 27.0 Å². The van der Waals surface area contributed by atoms with Crippen molar-refractivity contribution in [2.45, 2.75) is 13.5 Å². The van der Waals surface area contributed by atoms with Crippen LogP contribution in [0, 0.1) is 7.14 Å². The van der Waals surface area contributed by atoms with Crippen molar-refractivity contribution in [1.82, 2.24) is 10.7 Å². The maximum absolute atomic E-state index is 5.99. The summed E-state index contributed by atoms with van der Waals surface area (Å²) in [7, 11) is 1.63. The van der Waals surface area contributed by atoms with E-state index < -0.39 is 0 Å². The first-order valence-electron chi connectivity index (χ1n) is 7.85. The van der Waals surface area contributed by atoms with Crippen molar-refractivity contribution >= 4 is 68.7 Å². The van der Waals surface area contributed by atoms with Crippen LogP contribution in [-0.2, 0) is 6.61 Å². The number of thiocarbonyl (C=S) groups is 1. The molecule has 5 nitrogen and oxygen atoms in total. The molecule has 2 rings (SSSR count). The van der Waals surface area contributed by atoms with Crippen molar-refractivity contribution in [2.75, 3.05) is 13.7 Å². The number of hydrazone groups is 1. The van der Waals surface area contributed by atoms with Gasteiger partial charge in [0.25, 0.3) is 0 Å². The highest BCUT2D eigenvalue weighted by Gasteiger charge is 2.11. The van der Waals surface area contributed by atoms with Gasteiger partial charge in [-0.3, -0.25) is 5.43 Å². The fourth-order valence-electron chi connectivity index (χ4n) is 2.06. The fourth-order valence-corrected chi connectivity index (χ4v) is 3.39. The summed E-state index contributed by atoms with van der Waals surface area (Å²) in [5.41, 5.74) is 4.76. The van der Waals surface area contributed by atoms with Crippen LogP contribution in [0.25, 0.3) is 0 Å². The van der Waals surface area contributed by atoms with Gasteiger partial charge in [0.05, 0.1) is 16.9 Å². The number of hydrogen-bond acceptors (Lipinski definition) is 4. The summed E-state index contributed by atoms with van der Waals surface area (Å²) in [6.45, 7) is 3.20. The molecule has 0 aliphatic carbocycles. The summed E-state index contributed by atoms with van der Waals surface area (Å²) in [5.74, 6) is 1.39. The lowest BCUT2D eigenvalue weighted by Crippen LogP contribution is -2.31. The summed E-state index contributed by atoms with van der Waals surface area (Å²) < 4.78 is 13.6. The SMILES string of the molecule is CCNC(=S)N/N=C\c1cc(I)c(OCc2ccc(I)cc2)c(OC)c1. The average molecular weight is 595 g/mol. The Morgan fingerprint density at radius 3 is 2.62 bits per heavy atom. The molecule has 2 aromatic rings. The Morgan fingerprint density at radius 1 is 1.23 bits per heavy atom. The van der Waals surface area contributed by atoms with E-state index >= 15 is 0 Å². The Morgan fingerprint density at radius 2 is 1.96 bits per heavy atom. The molecule has 8 heteroatoms. The molecule has 0 spiro atoms. The van der Waals surface area contributed by atoms with Crippen LogP contribution in [0.1, 0.15) is 18.1 Å². The van der Waals surface area contributed by atoms with E-state index in [4.69, 9.17) is 21.7 Å². The molecule has 2 N–H and O–H groups in total. The second kappa shape index (κ2) is 10.9. The van der Waals surface area contributed by atoms with Gasteiger partial charge in [0, 0.05) is 10.1 Å². The van der Waals surface area contributed by atoms with Gasteiger partial charge in [-0.15, -0.1) is 0 Å². The predicted molar refractivity (Wildman–Crippen MR) is 126 cm³/mol. The second-order valence-electron chi connectivity index (χ2n) is 5.18. The third-order valence-electron chi connectivity index (χ3n) is 3.27. The number of benzene rings is 2. The zero-order valence-corrected chi connectivity index (χ0v) is 19.5. The highest BCUT2D eigenvalue weighted by atomic mass is 127. The standard InChI is InChI=1S/C18H19I2N3O2S/c1-3-21-18(26)23-22-10-13-8-15(20)17(16(9-13)24-2)25-11-12-4-6-14(19)7-5-12/h4-10H,3,11H2,1-2H3,(H2,21,23,26)/b22-10-. The molecule has 0 saturated carbocycles. The summed E-state index contributed by atoms with van der Waals surface area (Å²) in [4.78, 5) is 0. The van der Waals surface area contributed by atoms with Crippen LogP contribution in [-0.4, -0.2) is 25.0 Å². The second-order valence-corrected chi connectivity index (χ2v) is 7.99. The van der Waals surface area contributed by atoms with Crippen LogP contribution in [0.3, 0.4) is 0 Å². The van der Waals surface area contributed by atoms with Crippen molar-refractivity contribution in [1.29, 1.82) is 0 Å². The normalized spacial score (nSPS) is 10.6. The van der Waals surface area contributed by atoms with E-state index in [9.17, 15) is 0 Å². The molecule has 0 atom stereocenters. The Hall–Kier alpha value is -1.14. The largest absolute Gasteiger partial charge is 0.493 e. The highest BCUT2D eigenvalue weighted by Crippen LogP contribution is 2.34. The molecule has 0 aliphatic heterocycles. The molecule has 0 bridgehead atoms. The quantitative estimate of drug-likeness (QED) is 0.217. The maximum atomic E-state index is 5.99. The van der Waals surface area contributed by atoms with Gasteiger partial charge in [0.15, 0.2) is 16.6 Å². The Kier molecular flexibility index (Phi) is 8.85. The van der Waals surface area contributed by atoms with E-state index in [1.54, 1.807) is 13.3 Å². The van der Waals surface area contributed by atoms with Crippen LogP contribution in [0.15, 0.2) is 41.5 Å². The molecular formula is C18H19I2N3O2S. The molecule has 0 aromatic heterocycles. The van der Waals surface area contributed by atoms with Gasteiger partial charge >= 0.3 is 0 Å². The monoisotopic (exact) mass is 595 g/mol. The number of halogens is 2. The van der Waals surface area contributed by atoms with Gasteiger partial charge in [-0.25, -0.2) is 0 Å². The molecule has 0 saturated heterocycles. The first-order valence-corrected chi connectivity index (χ1v) is 10.4. The van der Waals surface area contributed by atoms with Crippen LogP contribution >= 0.6 is 57.4 Å². The van der Waals surface area contributed by atoms with Gasteiger partial charge in [-0.2, -0.15) is 5.10 Å². The first-order chi connectivity index (χ1) is 12.5. The minimum atomic E-state index is 0.481. The van der Waals surface area contributed by atoms with Crippen LogP contribution < -0.4 is 20.2 Å². The van der Waals surface area contributed by atoms with Crippen LogP contribution in [0.5, 0.6) is 11.5 Å². The maximum Gasteiger partial charge on any atom is 0.186 e. The summed E-state index contributed by atoms with van der Waals surface area (Å²) in [6.07, 6.45) is 1.69. The molecule has 0 fully saturated rings. The average Bonchev–Trinajstić information content (AvgIpc) is 2.62. The fraction of sp³-hybridized carbons (Fsp3) is 0.222. The molecule has 0 radical (unpaired) electrons. The number of rotatable bonds is 7. The number of hydrogen-bond donors (Lipinski definition) is 2. The lowest BCUT2D eigenvalue weighted by atomic mass is 10.2. The number of methoxy groups -OCH3 is 1. The lowest BCUT2D eigenvalue weighted by molar-refractivity contribution is 0.282. The van der Waals surface area contributed by atoms with Gasteiger partial charge in [-0.05, 0) is 99.7 Å². The number of nitrogens with one attached hydrogen (secondary N) is 2. The topological polar surface area (TPSA) is 54.9 Å². The molecule has 0 heterocycles. The van der Waals surface area contributed by atoms with Gasteiger partial charge < -0.3 is 14.8 Å². The zero-order valence-electron chi connectivity index (χ0n) is 14.4. The minimum Gasteiger partial charge on any atom is -0.493 e. The summed E-state index contributed by atoms with van der Waals surface area (Å²) in [6, 6.07) is 12.1. The van der Waals surface area contributed by atoms with E-state index in [0.29, 0.717) is 17.5 Å². The zero-order chi connectivity index (χ0) is 18.9. The van der Waals surface area contributed by atoms with Gasteiger partial charge in [-0.1, -0.05) is 12.1 Å². The Labute approximate surface area is 186 Å². The van der Waals surface area contributed by atoms with Gasteiger partial charge in [0.1, 0.15) is 6.61 Å². The van der Waals surface area contributed by atoms with Crippen molar-refractivity contribution < 1.29 is 9.47 Å². The number of ether oxygens (including phenoxy) is 2. The van der Waals surface area contributed by atoms with Crippen LogP contribution in [0.4, 0.5) is 0 Å². The Balaban J connectivity index is 2.09. The van der Waals surface area contributed by atoms with Crippen molar-refractivity contribution in [2.24, 2.45) is 5.10 Å². The van der Waals surface area contributed by atoms with Crippen molar-refractivity contribution in [3.8, 4) is 11.5 Å². The minimum absolute atomic E-state index is 0.481. The van der Waals surface area contributed by atoms with E-state index in [1.165, 1.54) is 3.57 Å². The van der Waals surface area contributed by atoms with Gasteiger partial charge in [0.2, 0.25) is 0 Å². The first kappa shape index (κ1) is 21.2. The van der Waals surface area contributed by atoms with E-state index in [-0.39, 0.29) is 0 Å². The molecule has 138 valence electrons. The molecule has 26 heavy (non-hydrogen) atoms. The Bertz CT molecular complexity index is 783. The predicted octanol–water partition coefficient (Wildman–Crippen LogP) is 4.30. The smallest absolute Gasteiger partial charge is 0.186 e. The van der Waals surface area contributed by atoms with E-state index in [1.807, 2.05) is 19.1 Å². The van der Waals surface area contributed by atoms with Crippen molar-refractivity contribution in [3.05, 3.63) is 54.7 Å². The number of nitrogens with zero attached hydrogens (tertiary/aromatic N) is 1. The molecule has 0 unspecified atom stereocenters. The summed E-state index contributed by atoms with van der Waals surface area (Å²) >= 11 is 9.59.